The van der Waals surface area contributed by atoms with Crippen molar-refractivity contribution in [1.29, 1.82) is 5.26 Å². The standard InChI is InChI=1S/C14H18BrFN2/c1-14(2,10-17)7-3-4-8-18-13-9-11(15)5-6-12(13)16/h5-6,9,18H,3-4,7-8H2,1-2H3. The van der Waals surface area contributed by atoms with Crippen molar-refractivity contribution in [2.75, 3.05) is 11.9 Å². The monoisotopic (exact) mass is 312 g/mol. The van der Waals surface area contributed by atoms with Crippen LogP contribution in [0, 0.1) is 22.6 Å². The van der Waals surface area contributed by atoms with Crippen molar-refractivity contribution in [2.45, 2.75) is 33.1 Å². The minimum Gasteiger partial charge on any atom is -0.383 e. The van der Waals surface area contributed by atoms with Gasteiger partial charge in [-0.2, -0.15) is 5.26 Å². The molecule has 0 unspecified atom stereocenters. The number of anilines is 1. The van der Waals surface area contributed by atoms with Crippen molar-refractivity contribution >= 4 is 21.6 Å². The quantitative estimate of drug-likeness (QED) is 0.771. The molecule has 0 bridgehead atoms. The summed E-state index contributed by atoms with van der Waals surface area (Å²) >= 11 is 3.31. The second kappa shape index (κ2) is 6.75. The van der Waals surface area contributed by atoms with Crippen LogP contribution in [0.1, 0.15) is 33.1 Å². The Hall–Kier alpha value is -1.08. The van der Waals surface area contributed by atoms with E-state index in [9.17, 15) is 4.39 Å². The van der Waals surface area contributed by atoms with Gasteiger partial charge < -0.3 is 5.32 Å². The molecule has 4 heteroatoms. The van der Waals surface area contributed by atoms with Crippen LogP contribution >= 0.6 is 15.9 Å². The first kappa shape index (κ1) is 15.0. The van der Waals surface area contributed by atoms with Gasteiger partial charge in [-0.25, -0.2) is 4.39 Å². The van der Waals surface area contributed by atoms with Crippen LogP contribution in [0.4, 0.5) is 10.1 Å². The Morgan fingerprint density at radius 3 is 2.78 bits per heavy atom. The topological polar surface area (TPSA) is 35.8 Å². The third-order valence-electron chi connectivity index (χ3n) is 2.78. The summed E-state index contributed by atoms with van der Waals surface area (Å²) in [5, 5.41) is 11.9. The molecule has 1 aromatic carbocycles. The van der Waals surface area contributed by atoms with Crippen LogP contribution in [-0.2, 0) is 0 Å². The number of unbranched alkanes of at least 4 members (excludes halogenated alkanes) is 1. The molecule has 0 heterocycles. The lowest BCUT2D eigenvalue weighted by Gasteiger charge is -2.14. The number of hydrogen-bond donors (Lipinski definition) is 1. The Labute approximate surface area is 116 Å². The van der Waals surface area contributed by atoms with Crippen molar-refractivity contribution in [3.63, 3.8) is 0 Å². The van der Waals surface area contributed by atoms with Gasteiger partial charge in [-0.15, -0.1) is 0 Å². The van der Waals surface area contributed by atoms with Gasteiger partial charge in [-0.3, -0.25) is 0 Å². The summed E-state index contributed by atoms with van der Waals surface area (Å²) in [6.45, 7) is 4.59. The average Bonchev–Trinajstić information content (AvgIpc) is 2.33. The number of halogens is 2. The normalized spacial score (nSPS) is 11.1. The van der Waals surface area contributed by atoms with Crippen molar-refractivity contribution in [2.24, 2.45) is 5.41 Å². The van der Waals surface area contributed by atoms with Gasteiger partial charge in [0.05, 0.1) is 17.2 Å². The number of benzene rings is 1. The second-order valence-corrected chi connectivity index (χ2v) is 5.92. The molecule has 1 aromatic rings. The van der Waals surface area contributed by atoms with Crippen molar-refractivity contribution in [3.8, 4) is 6.07 Å². The van der Waals surface area contributed by atoms with E-state index < -0.39 is 0 Å². The van der Waals surface area contributed by atoms with Gasteiger partial charge in [-0.1, -0.05) is 22.4 Å². The number of rotatable bonds is 6. The number of nitriles is 1. The van der Waals surface area contributed by atoms with Gasteiger partial charge >= 0.3 is 0 Å². The average molecular weight is 313 g/mol. The largest absolute Gasteiger partial charge is 0.383 e. The molecule has 0 aliphatic heterocycles. The summed E-state index contributed by atoms with van der Waals surface area (Å²) in [7, 11) is 0. The van der Waals surface area contributed by atoms with Crippen molar-refractivity contribution in [3.05, 3.63) is 28.5 Å². The molecule has 18 heavy (non-hydrogen) atoms. The SMILES string of the molecule is CC(C)(C#N)CCCCNc1cc(Br)ccc1F. The van der Waals surface area contributed by atoms with Crippen LogP contribution in [0.2, 0.25) is 0 Å². The molecule has 0 spiro atoms. The van der Waals surface area contributed by atoms with Crippen LogP contribution < -0.4 is 5.32 Å². The Morgan fingerprint density at radius 1 is 1.39 bits per heavy atom. The van der Waals surface area contributed by atoms with Gasteiger partial charge in [0.1, 0.15) is 5.82 Å². The molecule has 0 aliphatic rings. The Morgan fingerprint density at radius 2 is 2.11 bits per heavy atom. The number of hydrogen-bond acceptors (Lipinski definition) is 2. The first-order valence-electron chi connectivity index (χ1n) is 6.05. The van der Waals surface area contributed by atoms with Crippen LogP contribution in [0.3, 0.4) is 0 Å². The second-order valence-electron chi connectivity index (χ2n) is 5.00. The zero-order valence-corrected chi connectivity index (χ0v) is 12.3. The minimum atomic E-state index is -0.263. The maximum atomic E-state index is 13.4. The van der Waals surface area contributed by atoms with E-state index >= 15 is 0 Å². The summed E-state index contributed by atoms with van der Waals surface area (Å²) in [6, 6.07) is 7.12. The van der Waals surface area contributed by atoms with E-state index in [-0.39, 0.29) is 11.2 Å². The van der Waals surface area contributed by atoms with Gasteiger partial charge in [0.25, 0.3) is 0 Å². The fraction of sp³-hybridized carbons (Fsp3) is 0.500. The van der Waals surface area contributed by atoms with E-state index in [0.717, 1.165) is 30.3 Å². The van der Waals surface area contributed by atoms with Gasteiger partial charge in [-0.05, 0) is 44.9 Å². The van der Waals surface area contributed by atoms with Gasteiger partial charge in [0, 0.05) is 11.0 Å². The van der Waals surface area contributed by atoms with E-state index in [1.165, 1.54) is 6.07 Å². The minimum absolute atomic E-state index is 0.240. The van der Waals surface area contributed by atoms with E-state index in [2.05, 4.69) is 27.3 Å². The lowest BCUT2D eigenvalue weighted by atomic mass is 9.89. The molecule has 98 valence electrons. The molecular weight excluding hydrogens is 295 g/mol. The lowest BCUT2D eigenvalue weighted by Crippen LogP contribution is -2.09. The molecule has 0 atom stereocenters. The summed E-state index contributed by atoms with van der Waals surface area (Å²) < 4.78 is 14.3. The molecule has 0 fully saturated rings. The fourth-order valence-electron chi connectivity index (χ4n) is 1.60. The third-order valence-corrected chi connectivity index (χ3v) is 3.27. The van der Waals surface area contributed by atoms with Crippen LogP contribution in [0.5, 0.6) is 0 Å². The highest BCUT2D eigenvalue weighted by molar-refractivity contribution is 9.10. The smallest absolute Gasteiger partial charge is 0.146 e. The van der Waals surface area contributed by atoms with Crippen LogP contribution in [0.25, 0.3) is 0 Å². The van der Waals surface area contributed by atoms with Gasteiger partial charge in [0.15, 0.2) is 0 Å². The first-order chi connectivity index (χ1) is 8.44. The highest BCUT2D eigenvalue weighted by Gasteiger charge is 2.15. The summed E-state index contributed by atoms with van der Waals surface area (Å²) in [5.74, 6) is -0.240. The van der Waals surface area contributed by atoms with Crippen LogP contribution in [0.15, 0.2) is 22.7 Å². The zero-order valence-electron chi connectivity index (χ0n) is 10.8. The summed E-state index contributed by atoms with van der Waals surface area (Å²) in [4.78, 5) is 0. The molecular formula is C14H18BrFN2. The Kier molecular flexibility index (Phi) is 5.61. The highest BCUT2D eigenvalue weighted by atomic mass is 79.9. The number of nitrogens with one attached hydrogen (secondary N) is 1. The first-order valence-corrected chi connectivity index (χ1v) is 6.84. The van der Waals surface area contributed by atoms with E-state index in [1.54, 1.807) is 12.1 Å². The predicted octanol–water partition coefficient (Wildman–Crippen LogP) is 4.72. The lowest BCUT2D eigenvalue weighted by molar-refractivity contribution is 0.430. The maximum absolute atomic E-state index is 13.4. The zero-order chi connectivity index (χ0) is 13.6. The van der Waals surface area contributed by atoms with Crippen molar-refractivity contribution < 1.29 is 4.39 Å². The molecule has 0 aromatic heterocycles. The Balaban J connectivity index is 2.30. The van der Waals surface area contributed by atoms with E-state index in [0.29, 0.717) is 5.69 Å². The number of nitrogens with zero attached hydrogens (tertiary/aromatic N) is 1. The van der Waals surface area contributed by atoms with E-state index in [1.807, 2.05) is 13.8 Å². The third kappa shape index (κ3) is 5.05. The molecule has 0 saturated heterocycles. The predicted molar refractivity (Wildman–Crippen MR) is 75.8 cm³/mol. The molecule has 1 N–H and O–H groups in total. The summed E-state index contributed by atoms with van der Waals surface area (Å²) in [5.41, 5.74) is 0.255. The van der Waals surface area contributed by atoms with Crippen LogP contribution in [-0.4, -0.2) is 6.54 Å². The molecule has 0 radical (unpaired) electrons. The molecule has 2 nitrogen and oxygen atoms in total. The fourth-order valence-corrected chi connectivity index (χ4v) is 1.96. The highest BCUT2D eigenvalue weighted by Crippen LogP contribution is 2.22. The Bertz CT molecular complexity index is 438. The molecule has 0 aliphatic carbocycles. The van der Waals surface area contributed by atoms with Gasteiger partial charge in [0.2, 0.25) is 0 Å². The molecule has 1 rings (SSSR count). The van der Waals surface area contributed by atoms with E-state index in [4.69, 9.17) is 5.26 Å². The molecule has 0 saturated carbocycles. The van der Waals surface area contributed by atoms with Crippen molar-refractivity contribution in [1.82, 2.24) is 0 Å². The summed E-state index contributed by atoms with van der Waals surface area (Å²) in [6.07, 6.45) is 2.76. The maximum Gasteiger partial charge on any atom is 0.146 e. The molecule has 0 amide bonds.